The van der Waals surface area contributed by atoms with Gasteiger partial charge in [-0.2, -0.15) is 0 Å². The van der Waals surface area contributed by atoms with Gasteiger partial charge >= 0.3 is 0 Å². The van der Waals surface area contributed by atoms with E-state index in [1.165, 1.54) is 20.3 Å². The van der Waals surface area contributed by atoms with Gasteiger partial charge in [-0.3, -0.25) is 0 Å². The van der Waals surface area contributed by atoms with Crippen molar-refractivity contribution in [3.63, 3.8) is 0 Å². The van der Waals surface area contributed by atoms with E-state index in [0.29, 0.717) is 5.56 Å². The summed E-state index contributed by atoms with van der Waals surface area (Å²) in [5.74, 6) is 0.637. The number of rotatable bonds is 7. The average molecular weight is 390 g/mol. The molecule has 10 nitrogen and oxygen atoms in total. The van der Waals surface area contributed by atoms with Crippen LogP contribution in [0.3, 0.4) is 0 Å². The highest BCUT2D eigenvalue weighted by atomic mass is 16.7. The van der Waals surface area contributed by atoms with Crippen molar-refractivity contribution < 1.29 is 50.0 Å². The molecule has 1 fully saturated rings. The molecule has 1 heterocycles. The zero-order chi connectivity index (χ0) is 19.3. The third kappa shape index (κ3) is 5.08. The maximum atomic E-state index is 10.1. The summed E-state index contributed by atoms with van der Waals surface area (Å²) in [4.78, 5) is 0. The minimum Gasteiger partial charge on any atom is -0.493 e. The van der Waals surface area contributed by atoms with Gasteiger partial charge in [0.25, 0.3) is 0 Å². The quantitative estimate of drug-likeness (QED) is 0.355. The van der Waals surface area contributed by atoms with E-state index >= 15 is 0 Å². The first-order valence-corrected chi connectivity index (χ1v) is 7.97. The lowest BCUT2D eigenvalue weighted by molar-refractivity contribution is -0.277. The fraction of sp³-hybridized carbons (Fsp3) is 0.529. The highest BCUT2D eigenvalue weighted by Crippen LogP contribution is 2.40. The summed E-state index contributed by atoms with van der Waals surface area (Å²) in [5, 5.41) is 48.0. The van der Waals surface area contributed by atoms with E-state index in [1.54, 1.807) is 18.2 Å². The zero-order valence-corrected chi connectivity index (χ0v) is 15.0. The first-order chi connectivity index (χ1) is 12.5. The standard InChI is InChI=1S/C17H24O9.H2O/c1-23-10-6-9(4-3-5-18)7-11(24-2)16(10)26-17-15(22)14(21)13(20)12(8-19)25-17;/h3-4,6-7,12-15,17-22H,5,8H2,1-2H3;1H2/b4-3+;/t12-,13-,14+,15-,17+;/m1./s1. The molecule has 0 unspecified atom stereocenters. The van der Waals surface area contributed by atoms with E-state index in [-0.39, 0.29) is 29.3 Å². The first kappa shape index (κ1) is 23.1. The van der Waals surface area contributed by atoms with Crippen molar-refractivity contribution in [1.29, 1.82) is 0 Å². The Balaban J connectivity index is 0.00000364. The highest BCUT2D eigenvalue weighted by Gasteiger charge is 2.45. The Morgan fingerprint density at radius 2 is 1.59 bits per heavy atom. The maximum absolute atomic E-state index is 10.1. The minimum absolute atomic E-state index is 0. The molecule has 7 N–H and O–H groups in total. The van der Waals surface area contributed by atoms with E-state index in [2.05, 4.69) is 0 Å². The van der Waals surface area contributed by atoms with Gasteiger partial charge in [0.05, 0.1) is 27.4 Å². The lowest BCUT2D eigenvalue weighted by atomic mass is 9.99. The molecule has 1 aliphatic rings. The molecule has 0 saturated carbocycles. The van der Waals surface area contributed by atoms with Crippen LogP contribution in [0.4, 0.5) is 0 Å². The summed E-state index contributed by atoms with van der Waals surface area (Å²) in [6.07, 6.45) is -3.88. The Kier molecular flexibility index (Phi) is 8.93. The van der Waals surface area contributed by atoms with Gasteiger partial charge in [0.15, 0.2) is 11.5 Å². The topological polar surface area (TPSA) is 170 Å². The number of ether oxygens (including phenoxy) is 4. The molecule has 0 spiro atoms. The molecule has 0 amide bonds. The van der Waals surface area contributed by atoms with Crippen LogP contribution in [0.25, 0.3) is 6.08 Å². The molecule has 0 aromatic heterocycles. The van der Waals surface area contributed by atoms with Crippen LogP contribution in [0.1, 0.15) is 5.56 Å². The number of hydrogen-bond donors (Lipinski definition) is 5. The second kappa shape index (κ2) is 10.4. The Morgan fingerprint density at radius 3 is 2.07 bits per heavy atom. The Labute approximate surface area is 156 Å². The van der Waals surface area contributed by atoms with E-state index in [1.807, 2.05) is 0 Å². The van der Waals surface area contributed by atoms with Crippen LogP contribution in [0.15, 0.2) is 18.2 Å². The smallest absolute Gasteiger partial charge is 0.229 e. The van der Waals surface area contributed by atoms with Gasteiger partial charge in [0.1, 0.15) is 24.4 Å². The molecule has 0 radical (unpaired) electrons. The molecular weight excluding hydrogens is 364 g/mol. The molecule has 2 rings (SSSR count). The number of hydrogen-bond acceptors (Lipinski definition) is 9. The van der Waals surface area contributed by atoms with Gasteiger partial charge in [-0.15, -0.1) is 0 Å². The SMILES string of the molecule is COc1cc(/C=C/CO)cc(OC)c1O[C@@H]1O[C@H](CO)[C@@H](O)[C@H](O)[C@H]1O.O. The van der Waals surface area contributed by atoms with Gasteiger partial charge < -0.3 is 50.0 Å². The summed E-state index contributed by atoms with van der Waals surface area (Å²) >= 11 is 0. The van der Waals surface area contributed by atoms with E-state index in [0.717, 1.165) is 0 Å². The predicted octanol–water partition coefficient (Wildman–Crippen LogP) is -1.94. The third-order valence-electron chi connectivity index (χ3n) is 3.98. The summed E-state index contributed by atoms with van der Waals surface area (Å²) in [6.45, 7) is -0.697. The predicted molar refractivity (Wildman–Crippen MR) is 93.7 cm³/mol. The van der Waals surface area contributed by atoms with Gasteiger partial charge in [-0.1, -0.05) is 12.2 Å². The monoisotopic (exact) mass is 390 g/mol. The summed E-state index contributed by atoms with van der Waals surface area (Å²) in [6, 6.07) is 3.24. The van der Waals surface area contributed by atoms with Crippen molar-refractivity contribution in [2.24, 2.45) is 0 Å². The normalized spacial score (nSPS) is 27.9. The van der Waals surface area contributed by atoms with Crippen molar-refractivity contribution in [3.05, 3.63) is 23.8 Å². The molecule has 1 aromatic carbocycles. The Hall–Kier alpha value is -1.92. The lowest BCUT2D eigenvalue weighted by Gasteiger charge is -2.39. The zero-order valence-electron chi connectivity index (χ0n) is 15.0. The van der Waals surface area contributed by atoms with Crippen LogP contribution in [-0.2, 0) is 4.74 Å². The molecule has 1 saturated heterocycles. The van der Waals surface area contributed by atoms with E-state index in [4.69, 9.17) is 24.1 Å². The summed E-state index contributed by atoms with van der Waals surface area (Å²) < 4.78 is 21.6. The molecular formula is C17H26O10. The van der Waals surface area contributed by atoms with Crippen LogP contribution in [0.2, 0.25) is 0 Å². The van der Waals surface area contributed by atoms with Crippen LogP contribution >= 0.6 is 0 Å². The first-order valence-electron chi connectivity index (χ1n) is 7.97. The van der Waals surface area contributed by atoms with Crippen LogP contribution < -0.4 is 14.2 Å². The molecule has 5 atom stereocenters. The second-order valence-electron chi connectivity index (χ2n) is 5.65. The minimum atomic E-state index is -1.56. The maximum Gasteiger partial charge on any atom is 0.229 e. The Bertz CT molecular complexity index is 593. The molecule has 10 heteroatoms. The second-order valence-corrected chi connectivity index (χ2v) is 5.65. The van der Waals surface area contributed by atoms with Crippen molar-refractivity contribution in [2.45, 2.75) is 30.7 Å². The third-order valence-corrected chi connectivity index (χ3v) is 3.98. The fourth-order valence-corrected chi connectivity index (χ4v) is 2.58. The molecule has 27 heavy (non-hydrogen) atoms. The molecule has 0 aliphatic carbocycles. The number of aliphatic hydroxyl groups is 5. The van der Waals surface area contributed by atoms with Crippen molar-refractivity contribution in [1.82, 2.24) is 0 Å². The molecule has 0 bridgehead atoms. The molecule has 1 aliphatic heterocycles. The molecule has 1 aromatic rings. The summed E-state index contributed by atoms with van der Waals surface area (Å²) in [5.41, 5.74) is 0.675. The van der Waals surface area contributed by atoms with Crippen LogP contribution in [0.5, 0.6) is 17.2 Å². The number of aliphatic hydroxyl groups excluding tert-OH is 5. The highest BCUT2D eigenvalue weighted by molar-refractivity contribution is 5.62. The number of methoxy groups -OCH3 is 2. The van der Waals surface area contributed by atoms with Crippen molar-refractivity contribution >= 4 is 6.08 Å². The van der Waals surface area contributed by atoms with Gasteiger partial charge in [0.2, 0.25) is 12.0 Å². The number of benzene rings is 1. The van der Waals surface area contributed by atoms with E-state index in [9.17, 15) is 20.4 Å². The van der Waals surface area contributed by atoms with Crippen LogP contribution in [-0.4, -0.2) is 89.1 Å². The van der Waals surface area contributed by atoms with Gasteiger partial charge in [-0.25, -0.2) is 0 Å². The Morgan fingerprint density at radius 1 is 1.00 bits per heavy atom. The fourth-order valence-electron chi connectivity index (χ4n) is 2.58. The van der Waals surface area contributed by atoms with Crippen molar-refractivity contribution in [2.75, 3.05) is 27.4 Å². The van der Waals surface area contributed by atoms with E-state index < -0.39 is 37.3 Å². The van der Waals surface area contributed by atoms with Gasteiger partial charge in [0, 0.05) is 0 Å². The lowest BCUT2D eigenvalue weighted by Crippen LogP contribution is -2.60. The van der Waals surface area contributed by atoms with Gasteiger partial charge in [-0.05, 0) is 17.7 Å². The molecule has 154 valence electrons. The largest absolute Gasteiger partial charge is 0.493 e. The van der Waals surface area contributed by atoms with Crippen LogP contribution in [0, 0.1) is 0 Å². The summed E-state index contributed by atoms with van der Waals surface area (Å²) in [7, 11) is 2.82. The van der Waals surface area contributed by atoms with Crippen molar-refractivity contribution in [3.8, 4) is 17.2 Å². The average Bonchev–Trinajstić information content (AvgIpc) is 2.66.